The Kier molecular flexibility index (Phi) is 4.16. The van der Waals surface area contributed by atoms with Gasteiger partial charge in [0.15, 0.2) is 0 Å². The molecule has 0 aliphatic carbocycles. The first-order chi connectivity index (χ1) is 6.18. The molecule has 2 N–H and O–H groups in total. The Morgan fingerprint density at radius 3 is 2.46 bits per heavy atom. The summed E-state index contributed by atoms with van der Waals surface area (Å²) in [5, 5.41) is 0. The average Bonchev–Trinajstić information content (AvgIpc) is 2.16. The topological polar surface area (TPSA) is 44.5 Å². The number of ether oxygens (including phenoxy) is 2. The highest BCUT2D eigenvalue weighted by Crippen LogP contribution is 2.29. The lowest BCUT2D eigenvalue weighted by Crippen LogP contribution is -2.41. The zero-order chi connectivity index (χ0) is 9.73. The molecule has 0 unspecified atom stereocenters. The minimum Gasteiger partial charge on any atom is -0.381 e. The summed E-state index contributed by atoms with van der Waals surface area (Å²) in [7, 11) is 0. The van der Waals surface area contributed by atoms with Crippen LogP contribution < -0.4 is 5.73 Å². The van der Waals surface area contributed by atoms with Crippen LogP contribution in [-0.2, 0) is 9.47 Å². The summed E-state index contributed by atoms with van der Waals surface area (Å²) in [6.07, 6.45) is 2.37. The summed E-state index contributed by atoms with van der Waals surface area (Å²) in [6.45, 7) is 7.28. The second-order valence-electron chi connectivity index (χ2n) is 4.18. The summed E-state index contributed by atoms with van der Waals surface area (Å²) in [6, 6.07) is 0. The van der Waals surface area contributed by atoms with Crippen LogP contribution in [-0.4, -0.2) is 32.5 Å². The van der Waals surface area contributed by atoms with Gasteiger partial charge in [0, 0.05) is 25.2 Å². The monoisotopic (exact) mass is 187 g/mol. The first kappa shape index (κ1) is 11.0. The van der Waals surface area contributed by atoms with Crippen LogP contribution in [0.15, 0.2) is 0 Å². The van der Waals surface area contributed by atoms with Crippen molar-refractivity contribution in [2.45, 2.75) is 32.8 Å². The molecule has 1 fully saturated rings. The van der Waals surface area contributed by atoms with Crippen molar-refractivity contribution in [2.24, 2.45) is 11.1 Å². The second kappa shape index (κ2) is 4.94. The van der Waals surface area contributed by atoms with Gasteiger partial charge in [0.2, 0.25) is 0 Å². The molecule has 0 amide bonds. The van der Waals surface area contributed by atoms with Gasteiger partial charge in [-0.2, -0.15) is 0 Å². The molecule has 78 valence electrons. The Balaban J connectivity index is 2.38. The Hall–Kier alpha value is -0.120. The van der Waals surface area contributed by atoms with E-state index in [9.17, 15) is 0 Å². The van der Waals surface area contributed by atoms with Crippen molar-refractivity contribution in [1.82, 2.24) is 0 Å². The van der Waals surface area contributed by atoms with Crippen molar-refractivity contribution in [3.63, 3.8) is 0 Å². The Labute approximate surface area is 80.6 Å². The molecule has 3 heteroatoms. The predicted molar refractivity (Wildman–Crippen MR) is 52.6 cm³/mol. The van der Waals surface area contributed by atoms with E-state index in [1.165, 1.54) is 0 Å². The molecule has 13 heavy (non-hydrogen) atoms. The van der Waals surface area contributed by atoms with Crippen LogP contribution >= 0.6 is 0 Å². The van der Waals surface area contributed by atoms with Gasteiger partial charge in [-0.05, 0) is 26.7 Å². The van der Waals surface area contributed by atoms with Gasteiger partial charge in [-0.15, -0.1) is 0 Å². The van der Waals surface area contributed by atoms with Crippen LogP contribution in [0, 0.1) is 5.41 Å². The zero-order valence-electron chi connectivity index (χ0n) is 8.71. The Morgan fingerprint density at radius 1 is 1.38 bits per heavy atom. The quantitative estimate of drug-likeness (QED) is 0.718. The molecule has 3 nitrogen and oxygen atoms in total. The fraction of sp³-hybridized carbons (Fsp3) is 1.00. The first-order valence-corrected chi connectivity index (χ1v) is 5.08. The molecule has 0 aromatic carbocycles. The predicted octanol–water partition coefficient (Wildman–Crippen LogP) is 1.17. The van der Waals surface area contributed by atoms with E-state index in [0.717, 1.165) is 32.7 Å². The molecule has 1 aliphatic rings. The molecular weight excluding hydrogens is 166 g/mol. The van der Waals surface area contributed by atoms with E-state index < -0.39 is 0 Å². The van der Waals surface area contributed by atoms with Crippen molar-refractivity contribution < 1.29 is 9.47 Å². The van der Waals surface area contributed by atoms with E-state index in [1.54, 1.807) is 0 Å². The van der Waals surface area contributed by atoms with Crippen LogP contribution in [0.25, 0.3) is 0 Å². The van der Waals surface area contributed by atoms with Gasteiger partial charge in [0.25, 0.3) is 0 Å². The number of nitrogens with two attached hydrogens (primary N) is 1. The molecule has 1 heterocycles. The number of hydrogen-bond acceptors (Lipinski definition) is 3. The second-order valence-corrected chi connectivity index (χ2v) is 4.18. The fourth-order valence-corrected chi connectivity index (χ4v) is 1.56. The lowest BCUT2D eigenvalue weighted by Gasteiger charge is -2.36. The molecule has 0 aromatic heterocycles. The maximum Gasteiger partial charge on any atom is 0.0539 e. The van der Waals surface area contributed by atoms with Crippen molar-refractivity contribution in [2.75, 3.05) is 26.4 Å². The first-order valence-electron chi connectivity index (χ1n) is 5.08. The molecule has 0 atom stereocenters. The molecule has 0 bridgehead atoms. The smallest absolute Gasteiger partial charge is 0.0539 e. The van der Waals surface area contributed by atoms with Crippen molar-refractivity contribution in [3.8, 4) is 0 Å². The van der Waals surface area contributed by atoms with Crippen LogP contribution in [0.2, 0.25) is 0 Å². The van der Waals surface area contributed by atoms with Crippen LogP contribution in [0.4, 0.5) is 0 Å². The normalized spacial score (nSPS) is 22.2. The average molecular weight is 187 g/mol. The minimum absolute atomic E-state index is 0.183. The van der Waals surface area contributed by atoms with E-state index in [0.29, 0.717) is 12.6 Å². The summed E-state index contributed by atoms with van der Waals surface area (Å²) in [5.41, 5.74) is 5.97. The Bertz CT molecular complexity index is 142. The van der Waals surface area contributed by atoms with E-state index in [2.05, 4.69) is 13.8 Å². The third-order valence-corrected chi connectivity index (χ3v) is 2.71. The molecule has 1 rings (SSSR count). The summed E-state index contributed by atoms with van der Waals surface area (Å²) in [5.74, 6) is 0. The minimum atomic E-state index is 0.183. The molecule has 0 radical (unpaired) electrons. The molecule has 0 aromatic rings. The number of hydrogen-bond donors (Lipinski definition) is 1. The highest BCUT2D eigenvalue weighted by atomic mass is 16.5. The molecule has 1 aliphatic heterocycles. The SMILES string of the molecule is CC(C)OCC1(CN)CCOCC1. The van der Waals surface area contributed by atoms with Gasteiger partial charge in [-0.25, -0.2) is 0 Å². The van der Waals surface area contributed by atoms with Gasteiger partial charge in [-0.3, -0.25) is 0 Å². The molecule has 0 saturated carbocycles. The maximum atomic E-state index is 5.79. The Morgan fingerprint density at radius 2 is 2.00 bits per heavy atom. The van der Waals surface area contributed by atoms with Gasteiger partial charge >= 0.3 is 0 Å². The fourth-order valence-electron chi connectivity index (χ4n) is 1.56. The summed E-state index contributed by atoms with van der Waals surface area (Å²) in [4.78, 5) is 0. The number of rotatable bonds is 4. The molecule has 0 spiro atoms. The summed E-state index contributed by atoms with van der Waals surface area (Å²) < 4.78 is 11.0. The third kappa shape index (κ3) is 3.25. The van der Waals surface area contributed by atoms with Crippen LogP contribution in [0.1, 0.15) is 26.7 Å². The molecular formula is C10H21NO2. The zero-order valence-corrected chi connectivity index (χ0v) is 8.71. The van der Waals surface area contributed by atoms with Gasteiger partial charge < -0.3 is 15.2 Å². The van der Waals surface area contributed by atoms with Crippen molar-refractivity contribution >= 4 is 0 Å². The third-order valence-electron chi connectivity index (χ3n) is 2.71. The van der Waals surface area contributed by atoms with E-state index in [1.807, 2.05) is 0 Å². The maximum absolute atomic E-state index is 5.79. The van der Waals surface area contributed by atoms with E-state index in [4.69, 9.17) is 15.2 Å². The van der Waals surface area contributed by atoms with Gasteiger partial charge in [-0.1, -0.05) is 0 Å². The lowest BCUT2D eigenvalue weighted by atomic mass is 9.81. The van der Waals surface area contributed by atoms with Gasteiger partial charge in [0.05, 0.1) is 12.7 Å². The largest absolute Gasteiger partial charge is 0.381 e. The molecule has 1 saturated heterocycles. The highest BCUT2D eigenvalue weighted by molar-refractivity contribution is 4.82. The van der Waals surface area contributed by atoms with Crippen LogP contribution in [0.3, 0.4) is 0 Å². The van der Waals surface area contributed by atoms with Crippen molar-refractivity contribution in [3.05, 3.63) is 0 Å². The van der Waals surface area contributed by atoms with E-state index in [-0.39, 0.29) is 5.41 Å². The van der Waals surface area contributed by atoms with Crippen LogP contribution in [0.5, 0.6) is 0 Å². The highest BCUT2D eigenvalue weighted by Gasteiger charge is 2.31. The lowest BCUT2D eigenvalue weighted by molar-refractivity contribution is -0.0505. The standard InChI is InChI=1S/C10H21NO2/c1-9(2)13-8-10(7-11)3-5-12-6-4-10/h9H,3-8,11H2,1-2H3. The summed E-state index contributed by atoms with van der Waals surface area (Å²) >= 11 is 0. The van der Waals surface area contributed by atoms with E-state index >= 15 is 0 Å². The van der Waals surface area contributed by atoms with Gasteiger partial charge in [0.1, 0.15) is 0 Å². The van der Waals surface area contributed by atoms with Crippen molar-refractivity contribution in [1.29, 1.82) is 0 Å².